The quantitative estimate of drug-likeness (QED) is 0.898. The maximum Gasteiger partial charge on any atom is 0.231 e. The van der Waals surface area contributed by atoms with Crippen LogP contribution in [0.3, 0.4) is 0 Å². The summed E-state index contributed by atoms with van der Waals surface area (Å²) >= 11 is 0. The predicted molar refractivity (Wildman–Crippen MR) is 77.3 cm³/mol. The monoisotopic (exact) mass is 281 g/mol. The van der Waals surface area contributed by atoms with E-state index in [1.165, 1.54) is 0 Å². The number of ether oxygens (including phenoxy) is 1. The van der Waals surface area contributed by atoms with Crippen molar-refractivity contribution in [1.29, 1.82) is 0 Å². The van der Waals surface area contributed by atoms with Crippen LogP contribution in [0, 0.1) is 5.92 Å². The van der Waals surface area contributed by atoms with Gasteiger partial charge in [-0.05, 0) is 38.0 Å². The van der Waals surface area contributed by atoms with Crippen molar-refractivity contribution >= 4 is 0 Å². The summed E-state index contributed by atoms with van der Waals surface area (Å²) in [6.45, 7) is 6.38. The van der Waals surface area contributed by atoms with E-state index in [1.807, 2.05) is 6.92 Å². The highest BCUT2D eigenvalue weighted by Gasteiger charge is 2.40. The van der Waals surface area contributed by atoms with Gasteiger partial charge in [-0.15, -0.1) is 0 Å². The minimum Gasteiger partial charge on any atom is -0.370 e. The van der Waals surface area contributed by atoms with Crippen LogP contribution in [-0.2, 0) is 10.3 Å². The Morgan fingerprint density at radius 1 is 1.45 bits per heavy atom. The number of nitrogens with zero attached hydrogens (tertiary/aromatic N) is 2. The van der Waals surface area contributed by atoms with Gasteiger partial charge in [0.25, 0.3) is 0 Å². The van der Waals surface area contributed by atoms with Gasteiger partial charge < -0.3 is 15.0 Å². The van der Waals surface area contributed by atoms with E-state index in [9.17, 15) is 0 Å². The van der Waals surface area contributed by atoms with Crippen LogP contribution < -0.4 is 5.73 Å². The molecule has 0 saturated heterocycles. The molecule has 1 aromatic rings. The highest BCUT2D eigenvalue weighted by Crippen LogP contribution is 2.41. The van der Waals surface area contributed by atoms with Crippen LogP contribution in [-0.4, -0.2) is 23.3 Å². The highest BCUT2D eigenvalue weighted by molar-refractivity contribution is 5.06. The molecule has 0 aromatic carbocycles. The largest absolute Gasteiger partial charge is 0.370 e. The summed E-state index contributed by atoms with van der Waals surface area (Å²) in [4.78, 5) is 4.59. The van der Waals surface area contributed by atoms with Crippen molar-refractivity contribution in [2.75, 3.05) is 7.11 Å². The van der Waals surface area contributed by atoms with Crippen LogP contribution in [0.5, 0.6) is 0 Å². The molecular weight excluding hydrogens is 254 g/mol. The highest BCUT2D eigenvalue weighted by atomic mass is 16.5. The number of aromatic nitrogens is 2. The van der Waals surface area contributed by atoms with Crippen molar-refractivity contribution in [1.82, 2.24) is 10.1 Å². The smallest absolute Gasteiger partial charge is 0.231 e. The number of hydrogen-bond donors (Lipinski definition) is 1. The first kappa shape index (κ1) is 15.4. The average Bonchev–Trinajstić information content (AvgIpc) is 2.97. The molecule has 5 heteroatoms. The van der Waals surface area contributed by atoms with Gasteiger partial charge in [-0.1, -0.05) is 25.9 Å². The lowest BCUT2D eigenvalue weighted by atomic mass is 9.79. The second-order valence-electron chi connectivity index (χ2n) is 6.20. The molecule has 2 N–H and O–H groups in total. The first-order valence-electron chi connectivity index (χ1n) is 7.67. The van der Waals surface area contributed by atoms with E-state index in [-0.39, 0.29) is 17.6 Å². The first-order chi connectivity index (χ1) is 9.52. The lowest BCUT2D eigenvalue weighted by molar-refractivity contribution is -0.0609. The molecule has 2 unspecified atom stereocenters. The summed E-state index contributed by atoms with van der Waals surface area (Å²) in [5, 5.41) is 4.18. The summed E-state index contributed by atoms with van der Waals surface area (Å²) in [6, 6.07) is 0.0492. The second-order valence-corrected chi connectivity index (χ2v) is 6.20. The van der Waals surface area contributed by atoms with Gasteiger partial charge in [0.05, 0.1) is 5.92 Å². The molecule has 0 aliphatic heterocycles. The van der Waals surface area contributed by atoms with Crippen molar-refractivity contribution in [3.05, 3.63) is 11.7 Å². The van der Waals surface area contributed by atoms with Crippen LogP contribution in [0.15, 0.2) is 4.52 Å². The second kappa shape index (κ2) is 6.22. The Kier molecular flexibility index (Phi) is 4.81. The zero-order valence-corrected chi connectivity index (χ0v) is 13.1. The SMILES string of the molecule is CCC(N)C(C)c1nc(C2(OC)CCC(C)CC2)no1. The lowest BCUT2D eigenvalue weighted by Crippen LogP contribution is -2.34. The van der Waals surface area contributed by atoms with E-state index in [4.69, 9.17) is 15.0 Å². The van der Waals surface area contributed by atoms with Crippen molar-refractivity contribution in [3.8, 4) is 0 Å². The fourth-order valence-corrected chi connectivity index (χ4v) is 2.89. The van der Waals surface area contributed by atoms with Crippen molar-refractivity contribution in [2.45, 2.75) is 70.4 Å². The summed E-state index contributed by atoms with van der Waals surface area (Å²) in [7, 11) is 1.74. The van der Waals surface area contributed by atoms with Gasteiger partial charge in [0, 0.05) is 13.2 Å². The third-order valence-corrected chi connectivity index (χ3v) is 4.83. The molecule has 20 heavy (non-hydrogen) atoms. The van der Waals surface area contributed by atoms with Crippen LogP contribution in [0.1, 0.15) is 70.5 Å². The van der Waals surface area contributed by atoms with E-state index in [2.05, 4.69) is 24.0 Å². The molecule has 5 nitrogen and oxygen atoms in total. The normalized spacial score (nSPS) is 30.1. The van der Waals surface area contributed by atoms with Crippen molar-refractivity contribution < 1.29 is 9.26 Å². The van der Waals surface area contributed by atoms with E-state index < -0.39 is 0 Å². The molecular formula is C15H27N3O2. The van der Waals surface area contributed by atoms with E-state index in [0.717, 1.165) is 38.0 Å². The fourth-order valence-electron chi connectivity index (χ4n) is 2.89. The molecule has 0 spiro atoms. The molecule has 1 heterocycles. The van der Waals surface area contributed by atoms with Crippen LogP contribution >= 0.6 is 0 Å². The minimum absolute atomic E-state index is 0.0492. The zero-order chi connectivity index (χ0) is 14.8. The Hall–Kier alpha value is -0.940. The Bertz CT molecular complexity index is 425. The van der Waals surface area contributed by atoms with Crippen LogP contribution in [0.4, 0.5) is 0 Å². The van der Waals surface area contributed by atoms with Gasteiger partial charge in [0.2, 0.25) is 11.7 Å². The van der Waals surface area contributed by atoms with Gasteiger partial charge in [-0.25, -0.2) is 0 Å². The summed E-state index contributed by atoms with van der Waals surface area (Å²) in [6.07, 6.45) is 5.09. The van der Waals surface area contributed by atoms with Crippen LogP contribution in [0.25, 0.3) is 0 Å². The third kappa shape index (κ3) is 2.88. The molecule has 114 valence electrons. The van der Waals surface area contributed by atoms with Crippen molar-refractivity contribution in [3.63, 3.8) is 0 Å². The summed E-state index contributed by atoms with van der Waals surface area (Å²) in [5.74, 6) is 2.15. The maximum absolute atomic E-state index is 6.06. The molecule has 2 atom stereocenters. The van der Waals surface area contributed by atoms with Gasteiger partial charge in [-0.2, -0.15) is 4.98 Å². The Morgan fingerprint density at radius 3 is 2.65 bits per heavy atom. The number of methoxy groups -OCH3 is 1. The predicted octanol–water partition coefficient (Wildman–Crippen LogP) is 2.96. The fraction of sp³-hybridized carbons (Fsp3) is 0.867. The molecule has 1 aliphatic rings. The Morgan fingerprint density at radius 2 is 2.10 bits per heavy atom. The molecule has 1 fully saturated rings. The standard InChI is InChI=1S/C15H27N3O2/c1-5-12(16)11(3)13-17-14(18-20-13)15(19-4)8-6-10(2)7-9-15/h10-12H,5-9,16H2,1-4H3. The van der Waals surface area contributed by atoms with E-state index >= 15 is 0 Å². The van der Waals surface area contributed by atoms with Crippen LogP contribution in [0.2, 0.25) is 0 Å². The lowest BCUT2D eigenvalue weighted by Gasteiger charge is -2.35. The number of nitrogens with two attached hydrogens (primary N) is 1. The zero-order valence-electron chi connectivity index (χ0n) is 13.1. The third-order valence-electron chi connectivity index (χ3n) is 4.83. The molecule has 1 aliphatic carbocycles. The molecule has 1 saturated carbocycles. The van der Waals surface area contributed by atoms with Gasteiger partial charge in [-0.3, -0.25) is 0 Å². The minimum atomic E-state index is -0.371. The first-order valence-corrected chi connectivity index (χ1v) is 7.67. The molecule has 1 aromatic heterocycles. The van der Waals surface area contributed by atoms with E-state index in [0.29, 0.717) is 11.7 Å². The summed E-state index contributed by atoms with van der Waals surface area (Å²) in [5.41, 5.74) is 5.69. The van der Waals surface area contributed by atoms with Gasteiger partial charge >= 0.3 is 0 Å². The Balaban J connectivity index is 2.18. The average molecular weight is 281 g/mol. The molecule has 0 amide bonds. The Labute approximate surface area is 121 Å². The van der Waals surface area contributed by atoms with E-state index in [1.54, 1.807) is 7.11 Å². The summed E-state index contributed by atoms with van der Waals surface area (Å²) < 4.78 is 11.2. The van der Waals surface area contributed by atoms with Crippen molar-refractivity contribution in [2.24, 2.45) is 11.7 Å². The van der Waals surface area contributed by atoms with Gasteiger partial charge in [0.15, 0.2) is 0 Å². The molecule has 2 rings (SSSR count). The number of hydrogen-bond acceptors (Lipinski definition) is 5. The number of rotatable bonds is 5. The van der Waals surface area contributed by atoms with Gasteiger partial charge in [0.1, 0.15) is 5.60 Å². The molecule has 0 bridgehead atoms. The maximum atomic E-state index is 6.06. The topological polar surface area (TPSA) is 74.2 Å². The molecule has 0 radical (unpaired) electrons.